The number of anilines is 1. The number of rotatable bonds is 6. The number of carbonyl (C=O) groups is 2. The van der Waals surface area contributed by atoms with Gasteiger partial charge >= 0.3 is 5.97 Å². The lowest BCUT2D eigenvalue weighted by molar-refractivity contribution is -0.132. The largest absolute Gasteiger partial charge is 0.478 e. The van der Waals surface area contributed by atoms with Gasteiger partial charge in [-0.1, -0.05) is 30.9 Å². The number of aliphatic carboxylic acids is 1. The van der Waals surface area contributed by atoms with E-state index in [1.807, 2.05) is 18.4 Å². The second-order valence-electron chi connectivity index (χ2n) is 7.52. The minimum atomic E-state index is -1.60. The van der Waals surface area contributed by atoms with E-state index in [0.717, 1.165) is 4.90 Å². The normalized spacial score (nSPS) is 12.0. The molecule has 0 aliphatic carbocycles. The first kappa shape index (κ1) is 21.9. The molecule has 28 heavy (non-hydrogen) atoms. The van der Waals surface area contributed by atoms with E-state index in [1.165, 1.54) is 30.3 Å². The molecular weight excluding hydrogens is 393 g/mol. The van der Waals surface area contributed by atoms with Gasteiger partial charge in [0.25, 0.3) is 5.91 Å². The zero-order valence-corrected chi connectivity index (χ0v) is 18.4. The van der Waals surface area contributed by atoms with E-state index in [4.69, 9.17) is 5.11 Å². The van der Waals surface area contributed by atoms with Crippen molar-refractivity contribution in [1.29, 1.82) is 0 Å². The number of halogens is 1. The minimum Gasteiger partial charge on any atom is -0.478 e. The molecule has 1 amide bonds. The Morgan fingerprint density at radius 2 is 1.82 bits per heavy atom. The molecule has 0 atom stereocenters. The first-order valence-corrected chi connectivity index (χ1v) is 13.5. The number of carbonyl (C=O) groups excluding carboxylic acids is 1. The van der Waals surface area contributed by atoms with Crippen LogP contribution in [-0.2, 0) is 4.79 Å². The molecule has 0 saturated carbocycles. The summed E-state index contributed by atoms with van der Waals surface area (Å²) in [6.07, 6.45) is 3.22. The van der Waals surface area contributed by atoms with Crippen molar-refractivity contribution < 1.29 is 19.1 Å². The van der Waals surface area contributed by atoms with Crippen LogP contribution in [0.2, 0.25) is 19.6 Å². The summed E-state index contributed by atoms with van der Waals surface area (Å²) in [5.74, 6) is -2.01. The molecule has 2 aromatic rings. The van der Waals surface area contributed by atoms with Crippen molar-refractivity contribution in [3.63, 3.8) is 0 Å². The third kappa shape index (κ3) is 5.56. The summed E-state index contributed by atoms with van der Waals surface area (Å²) in [7, 11) is -1.60. The van der Waals surface area contributed by atoms with Crippen LogP contribution in [0.15, 0.2) is 46.9 Å². The van der Waals surface area contributed by atoms with E-state index in [0.29, 0.717) is 11.3 Å². The molecule has 0 aliphatic rings. The van der Waals surface area contributed by atoms with Gasteiger partial charge in [0, 0.05) is 27.3 Å². The van der Waals surface area contributed by atoms with Gasteiger partial charge in [-0.2, -0.15) is 0 Å². The molecule has 2 rings (SSSR count). The van der Waals surface area contributed by atoms with Crippen LogP contribution in [0.4, 0.5) is 10.1 Å². The number of carboxylic acids is 1. The molecule has 7 heteroatoms. The highest BCUT2D eigenvalue weighted by atomic mass is 32.2. The van der Waals surface area contributed by atoms with Crippen LogP contribution in [0.5, 0.6) is 0 Å². The molecular formula is C21H24FNO3SSi. The smallest absolute Gasteiger partial charge is 0.331 e. The number of benzene rings is 2. The average molecular weight is 418 g/mol. The van der Waals surface area contributed by atoms with Crippen molar-refractivity contribution in [2.45, 2.75) is 31.5 Å². The van der Waals surface area contributed by atoms with Crippen molar-refractivity contribution >= 4 is 48.7 Å². The fraction of sp³-hybridized carbons (Fsp3) is 0.238. The fourth-order valence-corrected chi connectivity index (χ4v) is 4.27. The first-order chi connectivity index (χ1) is 13.0. The Kier molecular flexibility index (Phi) is 6.85. The summed E-state index contributed by atoms with van der Waals surface area (Å²) in [5.41, 5.74) is 1.04. The van der Waals surface area contributed by atoms with Crippen LogP contribution < -0.4 is 10.5 Å². The second-order valence-corrected chi connectivity index (χ2v) is 13.5. The summed E-state index contributed by atoms with van der Waals surface area (Å²) in [4.78, 5) is 24.6. The summed E-state index contributed by atoms with van der Waals surface area (Å²) in [6.45, 7) is 8.05. The Morgan fingerprint density at radius 1 is 1.14 bits per heavy atom. The van der Waals surface area contributed by atoms with Crippen molar-refractivity contribution in [2.75, 3.05) is 11.6 Å². The van der Waals surface area contributed by atoms with E-state index in [2.05, 4.69) is 31.0 Å². The lowest BCUT2D eigenvalue weighted by Crippen LogP contribution is -2.38. The molecule has 0 spiro atoms. The maximum absolute atomic E-state index is 14.3. The molecule has 0 fully saturated rings. The van der Waals surface area contributed by atoms with Crippen molar-refractivity contribution in [3.8, 4) is 0 Å². The van der Waals surface area contributed by atoms with Crippen LogP contribution in [0.3, 0.4) is 0 Å². The Hall–Kier alpha value is -2.38. The highest BCUT2D eigenvalue weighted by Gasteiger charge is 2.19. The standard InChI is InChI=1S/C21H24FNO3SSi/c1-13(21(25)26)8-14-6-7-16(11-19(14)22)23-20(24)15-9-17(27-2)12-18(10-15)28(3,4)5/h6-12H,1-5H3,(H,23,24)(H,25,26)/b13-8+. The maximum atomic E-state index is 14.3. The van der Waals surface area contributed by atoms with Gasteiger partial charge in [-0.05, 0) is 49.6 Å². The number of nitrogens with one attached hydrogen (secondary N) is 1. The number of hydrogen-bond donors (Lipinski definition) is 2. The van der Waals surface area contributed by atoms with Gasteiger partial charge < -0.3 is 10.4 Å². The molecule has 4 nitrogen and oxygen atoms in total. The molecule has 0 saturated heterocycles. The lowest BCUT2D eigenvalue weighted by Gasteiger charge is -2.19. The molecule has 0 heterocycles. The molecule has 0 bridgehead atoms. The average Bonchev–Trinajstić information content (AvgIpc) is 2.62. The van der Waals surface area contributed by atoms with E-state index >= 15 is 0 Å². The summed E-state index contributed by atoms with van der Waals surface area (Å²) >= 11 is 1.58. The SMILES string of the molecule is CSc1cc(C(=O)Nc2ccc(/C=C(\C)C(=O)O)c(F)c2)cc([Si](C)(C)C)c1. The summed E-state index contributed by atoms with van der Waals surface area (Å²) in [6, 6.07) is 10.1. The highest BCUT2D eigenvalue weighted by molar-refractivity contribution is 7.98. The molecule has 0 aromatic heterocycles. The Morgan fingerprint density at radius 3 is 2.36 bits per heavy atom. The van der Waals surface area contributed by atoms with E-state index in [-0.39, 0.29) is 17.0 Å². The molecule has 2 N–H and O–H groups in total. The quantitative estimate of drug-likeness (QED) is 0.401. The van der Waals surface area contributed by atoms with Crippen molar-refractivity contribution in [2.24, 2.45) is 0 Å². The van der Waals surface area contributed by atoms with Gasteiger partial charge in [-0.3, -0.25) is 4.79 Å². The second kappa shape index (κ2) is 8.75. The first-order valence-electron chi connectivity index (χ1n) is 8.73. The van der Waals surface area contributed by atoms with E-state index in [9.17, 15) is 14.0 Å². The fourth-order valence-electron chi connectivity index (χ4n) is 2.50. The van der Waals surface area contributed by atoms with E-state index in [1.54, 1.807) is 17.8 Å². The predicted molar refractivity (Wildman–Crippen MR) is 117 cm³/mol. The number of hydrogen-bond acceptors (Lipinski definition) is 3. The third-order valence-electron chi connectivity index (χ3n) is 4.24. The van der Waals surface area contributed by atoms with E-state index < -0.39 is 19.9 Å². The molecule has 0 radical (unpaired) electrons. The van der Waals surface area contributed by atoms with Gasteiger partial charge in [0.2, 0.25) is 0 Å². The van der Waals surface area contributed by atoms with Crippen molar-refractivity contribution in [1.82, 2.24) is 0 Å². The minimum absolute atomic E-state index is 0.0310. The zero-order valence-electron chi connectivity index (χ0n) is 16.6. The number of thioether (sulfide) groups is 1. The summed E-state index contributed by atoms with van der Waals surface area (Å²) < 4.78 is 14.3. The number of carboxylic acid groups (broad SMARTS) is 1. The topological polar surface area (TPSA) is 66.4 Å². The molecule has 0 unspecified atom stereocenters. The molecule has 148 valence electrons. The Labute approximate surface area is 169 Å². The number of amides is 1. The summed E-state index contributed by atoms with van der Waals surface area (Å²) in [5, 5.41) is 12.8. The monoisotopic (exact) mass is 417 g/mol. The Bertz CT molecular complexity index is 951. The van der Waals surface area contributed by atoms with Gasteiger partial charge in [-0.15, -0.1) is 11.8 Å². The van der Waals surface area contributed by atoms with Crippen LogP contribution in [0, 0.1) is 5.82 Å². The molecule has 2 aromatic carbocycles. The highest BCUT2D eigenvalue weighted by Crippen LogP contribution is 2.21. The van der Waals surface area contributed by atoms with Gasteiger partial charge in [0.1, 0.15) is 5.82 Å². The maximum Gasteiger partial charge on any atom is 0.331 e. The van der Waals surface area contributed by atoms with Crippen molar-refractivity contribution in [3.05, 3.63) is 58.9 Å². The van der Waals surface area contributed by atoms with Gasteiger partial charge in [0.15, 0.2) is 0 Å². The van der Waals surface area contributed by atoms with Crippen LogP contribution in [0.1, 0.15) is 22.8 Å². The predicted octanol–water partition coefficient (Wildman–Crippen LogP) is 4.83. The van der Waals surface area contributed by atoms with Crippen LogP contribution >= 0.6 is 11.8 Å². The van der Waals surface area contributed by atoms with Gasteiger partial charge in [0.05, 0.1) is 8.07 Å². The van der Waals surface area contributed by atoms with Crippen LogP contribution in [0.25, 0.3) is 6.08 Å². The zero-order chi connectivity index (χ0) is 21.1. The lowest BCUT2D eigenvalue weighted by atomic mass is 10.1. The molecule has 0 aliphatic heterocycles. The van der Waals surface area contributed by atoms with Crippen LogP contribution in [-0.4, -0.2) is 31.3 Å². The Balaban J connectivity index is 2.29. The van der Waals surface area contributed by atoms with Gasteiger partial charge in [-0.25, -0.2) is 9.18 Å². The third-order valence-corrected chi connectivity index (χ3v) is 6.97.